The van der Waals surface area contributed by atoms with Gasteiger partial charge in [-0.3, -0.25) is 4.40 Å². The fraction of sp³-hybridized carbons (Fsp3) is 0. The molecule has 0 unspecified atom stereocenters. The van der Waals surface area contributed by atoms with Crippen molar-refractivity contribution in [3.63, 3.8) is 0 Å². The van der Waals surface area contributed by atoms with Gasteiger partial charge in [0.15, 0.2) is 0 Å². The lowest BCUT2D eigenvalue weighted by molar-refractivity contribution is 1.33. The Labute approximate surface area is 133 Å². The van der Waals surface area contributed by atoms with E-state index in [1.54, 1.807) is 0 Å². The number of pyridine rings is 1. The Morgan fingerprint density at radius 1 is 0.652 bits per heavy atom. The van der Waals surface area contributed by atoms with Gasteiger partial charge in [-0.25, -0.2) is 4.98 Å². The van der Waals surface area contributed by atoms with Gasteiger partial charge in [-0.05, 0) is 23.8 Å². The van der Waals surface area contributed by atoms with Crippen molar-refractivity contribution >= 4 is 39.6 Å². The topological polar surface area (TPSA) is 17.3 Å². The van der Waals surface area contributed by atoms with E-state index in [9.17, 15) is 0 Å². The molecule has 0 spiro atoms. The highest BCUT2D eigenvalue weighted by molar-refractivity contribution is 6.09. The molecule has 3 aromatic heterocycles. The predicted molar refractivity (Wildman–Crippen MR) is 96.8 cm³/mol. The molecule has 23 heavy (non-hydrogen) atoms. The predicted octanol–water partition coefficient (Wildman–Crippen LogP) is 5.25. The monoisotopic (exact) mass is 294 g/mol. The summed E-state index contributed by atoms with van der Waals surface area (Å²) in [4.78, 5) is 4.89. The molecule has 0 fully saturated rings. The van der Waals surface area contributed by atoms with E-state index in [1.807, 2.05) is 18.2 Å². The van der Waals surface area contributed by atoms with E-state index < -0.39 is 0 Å². The molecule has 0 radical (unpaired) electrons. The maximum absolute atomic E-state index is 4.89. The fourth-order valence-corrected chi connectivity index (χ4v) is 3.31. The van der Waals surface area contributed by atoms with Crippen molar-refractivity contribution in [3.05, 3.63) is 84.1 Å². The van der Waals surface area contributed by atoms with E-state index in [0.717, 1.165) is 16.9 Å². The third kappa shape index (κ3) is 1.78. The second kappa shape index (κ2) is 4.68. The number of aromatic nitrogens is 2. The van der Waals surface area contributed by atoms with Crippen LogP contribution in [0.2, 0.25) is 0 Å². The molecule has 0 saturated heterocycles. The number of benzene rings is 2. The molecular weight excluding hydrogens is 280 g/mol. The van der Waals surface area contributed by atoms with Gasteiger partial charge in [0.1, 0.15) is 5.65 Å². The van der Waals surface area contributed by atoms with Gasteiger partial charge >= 0.3 is 0 Å². The van der Waals surface area contributed by atoms with Crippen LogP contribution in [0.5, 0.6) is 0 Å². The second-order valence-corrected chi connectivity index (χ2v) is 5.74. The van der Waals surface area contributed by atoms with Gasteiger partial charge in [0.25, 0.3) is 0 Å². The highest BCUT2D eigenvalue weighted by atomic mass is 15.0. The van der Waals surface area contributed by atoms with Gasteiger partial charge in [0.2, 0.25) is 0 Å². The Bertz CT molecular complexity index is 1150. The van der Waals surface area contributed by atoms with Gasteiger partial charge in [-0.2, -0.15) is 0 Å². The van der Waals surface area contributed by atoms with Crippen molar-refractivity contribution in [1.29, 1.82) is 0 Å². The van der Waals surface area contributed by atoms with Crippen LogP contribution >= 0.6 is 0 Å². The molecule has 3 heterocycles. The molecule has 0 aliphatic heterocycles. The highest BCUT2D eigenvalue weighted by Gasteiger charge is 2.14. The minimum atomic E-state index is 1.01. The van der Waals surface area contributed by atoms with Crippen LogP contribution in [-0.2, 0) is 0 Å². The van der Waals surface area contributed by atoms with E-state index in [1.165, 1.54) is 21.9 Å². The van der Waals surface area contributed by atoms with Crippen LogP contribution in [0.25, 0.3) is 39.6 Å². The Morgan fingerprint density at radius 3 is 2.26 bits per heavy atom. The summed E-state index contributed by atoms with van der Waals surface area (Å²) in [6, 6.07) is 25.2. The molecule has 0 aliphatic rings. The summed E-state index contributed by atoms with van der Waals surface area (Å²) in [5, 5.41) is 2.47. The van der Waals surface area contributed by atoms with Crippen molar-refractivity contribution in [2.75, 3.05) is 0 Å². The summed E-state index contributed by atoms with van der Waals surface area (Å²) >= 11 is 0. The zero-order valence-electron chi connectivity index (χ0n) is 12.5. The van der Waals surface area contributed by atoms with Gasteiger partial charge < -0.3 is 0 Å². The zero-order valence-corrected chi connectivity index (χ0v) is 12.5. The molecule has 5 aromatic rings. The van der Waals surface area contributed by atoms with Crippen LogP contribution in [0.1, 0.15) is 11.3 Å². The largest absolute Gasteiger partial charge is 0.292 e. The molecule has 0 saturated carbocycles. The van der Waals surface area contributed by atoms with Crippen molar-refractivity contribution in [1.82, 2.24) is 9.38 Å². The van der Waals surface area contributed by atoms with Crippen molar-refractivity contribution < 1.29 is 0 Å². The van der Waals surface area contributed by atoms with E-state index in [0.29, 0.717) is 0 Å². The highest BCUT2D eigenvalue weighted by Crippen LogP contribution is 2.31. The minimum absolute atomic E-state index is 1.01. The lowest BCUT2D eigenvalue weighted by Crippen LogP contribution is -1.81. The summed E-state index contributed by atoms with van der Waals surface area (Å²) in [5.74, 6) is 0. The minimum Gasteiger partial charge on any atom is -0.292 e. The van der Waals surface area contributed by atoms with Gasteiger partial charge in [-0.15, -0.1) is 0 Å². The van der Waals surface area contributed by atoms with E-state index in [4.69, 9.17) is 4.98 Å². The quantitative estimate of drug-likeness (QED) is 0.434. The zero-order chi connectivity index (χ0) is 15.2. The van der Waals surface area contributed by atoms with Gasteiger partial charge in [-0.1, -0.05) is 66.7 Å². The summed E-state index contributed by atoms with van der Waals surface area (Å²) in [6.45, 7) is 0. The smallest absolute Gasteiger partial charge is 0.146 e. The van der Waals surface area contributed by atoms with Gasteiger partial charge in [0, 0.05) is 10.8 Å². The van der Waals surface area contributed by atoms with Crippen LogP contribution in [0, 0.1) is 0 Å². The molecule has 0 amide bonds. The van der Waals surface area contributed by atoms with Crippen molar-refractivity contribution in [3.8, 4) is 0 Å². The number of nitrogens with zero attached hydrogens (tertiary/aromatic N) is 2. The van der Waals surface area contributed by atoms with Crippen LogP contribution in [0.15, 0.2) is 72.8 Å². The van der Waals surface area contributed by atoms with E-state index in [-0.39, 0.29) is 0 Å². The Morgan fingerprint density at radius 2 is 1.39 bits per heavy atom. The molecular formula is C21H14N2. The summed E-state index contributed by atoms with van der Waals surface area (Å²) in [5.41, 5.74) is 5.61. The average Bonchev–Trinajstić information content (AvgIpc) is 3.14. The third-order valence-electron chi connectivity index (χ3n) is 4.37. The molecule has 5 rings (SSSR count). The lowest BCUT2D eigenvalue weighted by Gasteiger charge is -1.96. The number of hydrogen-bond acceptors (Lipinski definition) is 1. The molecule has 2 heteroatoms. The first kappa shape index (κ1) is 12.4. The van der Waals surface area contributed by atoms with Crippen molar-refractivity contribution in [2.24, 2.45) is 0 Å². The van der Waals surface area contributed by atoms with E-state index in [2.05, 4.69) is 71.2 Å². The molecule has 0 aliphatic carbocycles. The summed E-state index contributed by atoms with van der Waals surface area (Å²) in [7, 11) is 0. The number of fused-ring (bicyclic) bond motifs is 3. The third-order valence-corrected chi connectivity index (χ3v) is 4.37. The summed E-state index contributed by atoms with van der Waals surface area (Å²) < 4.78 is 2.26. The normalized spacial score (nSPS) is 12.2. The first-order chi connectivity index (χ1) is 11.4. The first-order valence-electron chi connectivity index (χ1n) is 7.76. The number of imidazole rings is 1. The summed E-state index contributed by atoms with van der Waals surface area (Å²) in [6.07, 6.45) is 4.22. The molecule has 2 aromatic carbocycles. The molecule has 2 nitrogen and oxygen atoms in total. The number of hydrogen-bond donors (Lipinski definition) is 0. The fourth-order valence-electron chi connectivity index (χ4n) is 3.31. The van der Waals surface area contributed by atoms with Crippen molar-refractivity contribution in [2.45, 2.75) is 0 Å². The standard InChI is InChI=1S/C21H14N2/c1-2-7-15(8-3-1)13-14-18-20-12-6-11-19-16-9-4-5-10-17(16)21(22-18)23(19)20/h1-14H/b14-13+. The van der Waals surface area contributed by atoms with Crippen LogP contribution < -0.4 is 0 Å². The molecule has 0 bridgehead atoms. The lowest BCUT2D eigenvalue weighted by atomic mass is 10.1. The van der Waals surface area contributed by atoms with Crippen LogP contribution in [0.4, 0.5) is 0 Å². The molecule has 0 N–H and O–H groups in total. The second-order valence-electron chi connectivity index (χ2n) is 5.74. The number of rotatable bonds is 2. The Kier molecular flexibility index (Phi) is 2.53. The van der Waals surface area contributed by atoms with Gasteiger partial charge in [0.05, 0.1) is 16.7 Å². The Balaban J connectivity index is 1.78. The average molecular weight is 294 g/mol. The Hall–Kier alpha value is -3.13. The molecule has 108 valence electrons. The SMILES string of the molecule is C(=C\c1nc2c3ccccc3c3cccc1n32)/c1ccccc1. The van der Waals surface area contributed by atoms with E-state index >= 15 is 0 Å². The van der Waals surface area contributed by atoms with Crippen LogP contribution in [0.3, 0.4) is 0 Å². The first-order valence-corrected chi connectivity index (χ1v) is 7.76. The van der Waals surface area contributed by atoms with Crippen LogP contribution in [-0.4, -0.2) is 9.38 Å². The molecule has 0 atom stereocenters. The maximum atomic E-state index is 4.89. The maximum Gasteiger partial charge on any atom is 0.146 e.